The van der Waals surface area contributed by atoms with Gasteiger partial charge < -0.3 is 8.83 Å². The van der Waals surface area contributed by atoms with Gasteiger partial charge in [-0.25, -0.2) is 9.97 Å². The van der Waals surface area contributed by atoms with E-state index < -0.39 is 0 Å². The number of rotatable bonds is 4. The maximum Gasteiger partial charge on any atom is 0.135 e. The quantitative estimate of drug-likeness (QED) is 0.164. The summed E-state index contributed by atoms with van der Waals surface area (Å²) in [5, 5.41) is 13.9. The zero-order chi connectivity index (χ0) is 50.4. The van der Waals surface area contributed by atoms with Crippen molar-refractivity contribution >= 4 is 109 Å². The first kappa shape index (κ1) is 43.5. The molecule has 4 heterocycles. The van der Waals surface area contributed by atoms with Crippen LogP contribution in [0.2, 0.25) is 0 Å². The minimum atomic E-state index is 0.915. The van der Waals surface area contributed by atoms with E-state index in [1.54, 1.807) is 0 Å². The van der Waals surface area contributed by atoms with E-state index in [4.69, 9.17) is 28.8 Å². The molecule has 16 aromatic rings. The second-order valence-corrected chi connectivity index (χ2v) is 19.8. The van der Waals surface area contributed by atoms with Crippen molar-refractivity contribution in [2.45, 2.75) is 13.8 Å². The van der Waals surface area contributed by atoms with Gasteiger partial charge in [-0.1, -0.05) is 158 Å². The monoisotopic (exact) mass is 972 g/mol. The Balaban J connectivity index is 0.000000133. The van der Waals surface area contributed by atoms with E-state index in [9.17, 15) is 0 Å². The molecule has 0 amide bonds. The summed E-state index contributed by atoms with van der Waals surface area (Å²) in [6.45, 7) is 3.99. The molecule has 356 valence electrons. The third-order valence-electron chi connectivity index (χ3n) is 15.1. The molecule has 0 aliphatic heterocycles. The number of hydrogen-bond acceptors (Lipinski definition) is 6. The zero-order valence-electron chi connectivity index (χ0n) is 41.5. The molecule has 0 saturated carbocycles. The highest BCUT2D eigenvalue weighted by Crippen LogP contribution is 2.40. The molecule has 0 atom stereocenters. The molecule has 0 saturated heterocycles. The van der Waals surface area contributed by atoms with Gasteiger partial charge in [-0.15, -0.1) is 0 Å². The van der Waals surface area contributed by atoms with E-state index in [1.807, 2.05) is 50.5 Å². The molecular weight excluding hydrogens is 929 g/mol. The van der Waals surface area contributed by atoms with Gasteiger partial charge in [-0.05, 0) is 141 Å². The third kappa shape index (κ3) is 7.18. The molecule has 0 fully saturated rings. The van der Waals surface area contributed by atoms with Crippen LogP contribution in [0.5, 0.6) is 0 Å². The Hall–Kier alpha value is -10.0. The van der Waals surface area contributed by atoms with Crippen LogP contribution in [0.4, 0.5) is 0 Å². The molecule has 76 heavy (non-hydrogen) atoms. The number of aromatic nitrogens is 4. The fraction of sp³-hybridized carbons (Fsp3) is 0.0286. The maximum absolute atomic E-state index is 6.04. The van der Waals surface area contributed by atoms with Crippen molar-refractivity contribution in [3.8, 4) is 44.5 Å². The first-order chi connectivity index (χ1) is 37.5. The summed E-state index contributed by atoms with van der Waals surface area (Å²) in [4.78, 5) is 19.3. The molecule has 6 nitrogen and oxygen atoms in total. The third-order valence-corrected chi connectivity index (χ3v) is 15.1. The van der Waals surface area contributed by atoms with Gasteiger partial charge in [-0.3, -0.25) is 9.97 Å². The summed E-state index contributed by atoms with van der Waals surface area (Å²) in [7, 11) is 0. The Morgan fingerprint density at radius 3 is 1.00 bits per heavy atom. The lowest BCUT2D eigenvalue weighted by Gasteiger charge is -2.12. The predicted octanol–water partition coefficient (Wildman–Crippen LogP) is 19.0. The summed E-state index contributed by atoms with van der Waals surface area (Å²) in [5.41, 5.74) is 18.8. The van der Waals surface area contributed by atoms with Crippen molar-refractivity contribution in [1.29, 1.82) is 0 Å². The number of nitrogens with zero attached hydrogens (tertiary/aromatic N) is 4. The second kappa shape index (κ2) is 17.3. The van der Waals surface area contributed by atoms with Crippen LogP contribution in [0.3, 0.4) is 0 Å². The van der Waals surface area contributed by atoms with E-state index in [0.717, 1.165) is 98.9 Å². The molecule has 0 radical (unpaired) electrons. The Bertz CT molecular complexity index is 5030. The molecule has 0 aliphatic carbocycles. The molecule has 0 N–H and O–H groups in total. The summed E-state index contributed by atoms with van der Waals surface area (Å²) in [6.07, 6.45) is 3.71. The number of furan rings is 2. The van der Waals surface area contributed by atoms with Crippen LogP contribution in [0.15, 0.2) is 240 Å². The minimum absolute atomic E-state index is 0.915. The summed E-state index contributed by atoms with van der Waals surface area (Å²) in [6, 6.07) is 77.3. The van der Waals surface area contributed by atoms with Crippen molar-refractivity contribution in [2.75, 3.05) is 0 Å². The van der Waals surface area contributed by atoms with Crippen molar-refractivity contribution in [3.05, 3.63) is 242 Å². The van der Waals surface area contributed by atoms with E-state index in [2.05, 4.69) is 194 Å². The summed E-state index contributed by atoms with van der Waals surface area (Å²) < 4.78 is 12.1. The van der Waals surface area contributed by atoms with Gasteiger partial charge in [0.05, 0.1) is 33.5 Å². The van der Waals surface area contributed by atoms with Gasteiger partial charge in [0.2, 0.25) is 0 Å². The maximum atomic E-state index is 6.04. The number of aryl methyl sites for hydroxylation is 2. The SMILES string of the molecule is Cc1cnc2c3ccc(-c4cccc(-c5ccc6oc7ccccc7c6c5)c4)cc3c3ccccc3c2n1.Cc1cnc2c3ccccc3c3cc(-c4cccc(-c5ccc6oc7ccccc7c6c5)c4)ccc3c2n1. The van der Waals surface area contributed by atoms with E-state index in [0.29, 0.717) is 0 Å². The summed E-state index contributed by atoms with van der Waals surface area (Å²) >= 11 is 0. The van der Waals surface area contributed by atoms with E-state index in [-0.39, 0.29) is 0 Å². The van der Waals surface area contributed by atoms with Crippen LogP contribution in [0, 0.1) is 13.8 Å². The fourth-order valence-electron chi connectivity index (χ4n) is 11.4. The Morgan fingerprint density at radius 1 is 0.237 bits per heavy atom. The van der Waals surface area contributed by atoms with Crippen LogP contribution in [-0.4, -0.2) is 19.9 Å². The van der Waals surface area contributed by atoms with Crippen LogP contribution < -0.4 is 0 Å². The molecule has 0 aliphatic rings. The number of fused-ring (bicyclic) bond motifs is 18. The van der Waals surface area contributed by atoms with Crippen LogP contribution in [0.25, 0.3) is 154 Å². The van der Waals surface area contributed by atoms with Gasteiger partial charge in [0.15, 0.2) is 0 Å². The smallest absolute Gasteiger partial charge is 0.135 e. The van der Waals surface area contributed by atoms with Gasteiger partial charge >= 0.3 is 0 Å². The molecular formula is C70H44N4O2. The Kier molecular flexibility index (Phi) is 9.91. The second-order valence-electron chi connectivity index (χ2n) is 19.8. The number of para-hydroxylation sites is 2. The standard InChI is InChI=1S/2C35H22N2O/c1-21-20-36-34-29-15-13-24(18-30(29)26-9-2-3-11-28(26)35(34)37-21)22-7-6-8-23(17-22)25-14-16-33-31(19-25)27-10-4-5-12-32(27)38-33;1-21-20-36-34-28-11-3-2-9-26(28)30-18-24(13-15-29(30)35(34)37-21)22-7-6-8-23(17-22)25-14-16-33-31(19-25)27-10-4-5-12-32(27)38-33/h2*2-20H,1H3. The lowest BCUT2D eigenvalue weighted by molar-refractivity contribution is 0.668. The molecule has 0 unspecified atom stereocenters. The highest BCUT2D eigenvalue weighted by molar-refractivity contribution is 6.25. The lowest BCUT2D eigenvalue weighted by Crippen LogP contribution is -1.91. The predicted molar refractivity (Wildman–Crippen MR) is 315 cm³/mol. The van der Waals surface area contributed by atoms with Crippen LogP contribution >= 0.6 is 0 Å². The van der Waals surface area contributed by atoms with Crippen molar-refractivity contribution in [1.82, 2.24) is 19.9 Å². The molecule has 0 bridgehead atoms. The van der Waals surface area contributed by atoms with Crippen LogP contribution in [-0.2, 0) is 0 Å². The topological polar surface area (TPSA) is 77.8 Å². The number of benzene rings is 12. The van der Waals surface area contributed by atoms with Crippen molar-refractivity contribution in [2.24, 2.45) is 0 Å². The molecule has 16 rings (SSSR count). The summed E-state index contributed by atoms with van der Waals surface area (Å²) in [5.74, 6) is 0. The Morgan fingerprint density at radius 2 is 0.553 bits per heavy atom. The first-order valence-corrected chi connectivity index (χ1v) is 25.7. The molecule has 4 aromatic heterocycles. The highest BCUT2D eigenvalue weighted by atomic mass is 16.3. The Labute approximate surface area is 436 Å². The normalized spacial score (nSPS) is 11.8. The zero-order valence-corrected chi connectivity index (χ0v) is 41.5. The van der Waals surface area contributed by atoms with Gasteiger partial charge in [0, 0.05) is 55.5 Å². The molecule has 6 heteroatoms. The van der Waals surface area contributed by atoms with E-state index in [1.165, 1.54) is 66.1 Å². The minimum Gasteiger partial charge on any atom is -0.456 e. The average molecular weight is 973 g/mol. The van der Waals surface area contributed by atoms with E-state index >= 15 is 0 Å². The lowest BCUT2D eigenvalue weighted by atomic mass is 9.94. The molecule has 0 spiro atoms. The van der Waals surface area contributed by atoms with Gasteiger partial charge in [0.25, 0.3) is 0 Å². The highest BCUT2D eigenvalue weighted by Gasteiger charge is 2.16. The van der Waals surface area contributed by atoms with Gasteiger partial charge in [0.1, 0.15) is 22.3 Å². The number of hydrogen-bond donors (Lipinski definition) is 0. The fourth-order valence-corrected chi connectivity index (χ4v) is 11.4. The van der Waals surface area contributed by atoms with Gasteiger partial charge in [-0.2, -0.15) is 0 Å². The van der Waals surface area contributed by atoms with Crippen molar-refractivity contribution < 1.29 is 8.83 Å². The van der Waals surface area contributed by atoms with Crippen molar-refractivity contribution in [3.63, 3.8) is 0 Å². The average Bonchev–Trinajstić information content (AvgIpc) is 4.12. The van der Waals surface area contributed by atoms with Crippen LogP contribution in [0.1, 0.15) is 11.4 Å². The first-order valence-electron chi connectivity index (χ1n) is 25.7. The molecule has 12 aromatic carbocycles. The largest absolute Gasteiger partial charge is 0.456 e.